The van der Waals surface area contributed by atoms with Crippen molar-refractivity contribution in [1.29, 1.82) is 0 Å². The zero-order valence-corrected chi connectivity index (χ0v) is 15.6. The summed E-state index contributed by atoms with van der Waals surface area (Å²) in [6.07, 6.45) is 1.59. The van der Waals surface area contributed by atoms with E-state index in [1.165, 1.54) is 12.0 Å². The van der Waals surface area contributed by atoms with Crippen molar-refractivity contribution in [2.24, 2.45) is 0 Å². The maximum atomic E-state index is 13.0. The van der Waals surface area contributed by atoms with Crippen LogP contribution in [0.3, 0.4) is 0 Å². The fourth-order valence-electron chi connectivity index (χ4n) is 2.96. The lowest BCUT2D eigenvalue weighted by atomic mass is 10.1. The fourth-order valence-corrected chi connectivity index (χ4v) is 2.96. The highest BCUT2D eigenvalue weighted by atomic mass is 16.5. The van der Waals surface area contributed by atoms with Crippen molar-refractivity contribution in [2.45, 2.75) is 26.5 Å². The molecule has 0 unspecified atom stereocenters. The number of amides is 2. The molecule has 144 valence electrons. The number of carbonyl (C=O) groups excluding carboxylic acids is 2. The van der Waals surface area contributed by atoms with Gasteiger partial charge in [0.05, 0.1) is 24.1 Å². The average Bonchev–Trinajstić information content (AvgIpc) is 3.04. The number of ether oxygens (including phenoxy) is 1. The quantitative estimate of drug-likeness (QED) is 0.801. The molecule has 2 amide bonds. The minimum atomic E-state index is -0.667. The van der Waals surface area contributed by atoms with Crippen molar-refractivity contribution in [1.82, 2.24) is 20.4 Å². The first-order valence-electron chi connectivity index (χ1n) is 8.70. The molecule has 0 aliphatic carbocycles. The molecule has 1 saturated heterocycles. The monoisotopic (exact) mass is 373 g/mol. The van der Waals surface area contributed by atoms with Crippen molar-refractivity contribution in [3.8, 4) is 0 Å². The minimum absolute atomic E-state index is 0.186. The summed E-state index contributed by atoms with van der Waals surface area (Å²) in [5.74, 6) is -0.0978. The van der Waals surface area contributed by atoms with Gasteiger partial charge in [-0.2, -0.15) is 0 Å². The second-order valence-electron chi connectivity index (χ2n) is 6.39. The lowest BCUT2D eigenvalue weighted by molar-refractivity contribution is -0.121. The van der Waals surface area contributed by atoms with Gasteiger partial charge in [-0.05, 0) is 26.0 Å². The Morgan fingerprint density at radius 1 is 1.41 bits per heavy atom. The molecule has 1 aliphatic rings. The first-order chi connectivity index (χ1) is 13.0. The van der Waals surface area contributed by atoms with Crippen LogP contribution in [-0.4, -0.2) is 59.6 Å². The van der Waals surface area contributed by atoms with Crippen LogP contribution in [0, 0.1) is 13.8 Å². The van der Waals surface area contributed by atoms with E-state index in [1.807, 2.05) is 13.0 Å². The van der Waals surface area contributed by atoms with Crippen LogP contribution in [0.1, 0.15) is 27.5 Å². The summed E-state index contributed by atoms with van der Waals surface area (Å²) >= 11 is 0. The molecule has 1 atom stereocenters. The zero-order valence-electron chi connectivity index (χ0n) is 15.6. The Bertz CT molecular complexity index is 818. The van der Waals surface area contributed by atoms with Crippen LogP contribution in [0.5, 0.6) is 0 Å². The van der Waals surface area contributed by atoms with Gasteiger partial charge in [-0.15, -0.1) is 0 Å². The highest BCUT2D eigenvalue weighted by molar-refractivity contribution is 6.01. The van der Waals surface area contributed by atoms with E-state index in [1.54, 1.807) is 19.2 Å². The first-order valence-corrected chi connectivity index (χ1v) is 8.70. The Labute approximate surface area is 157 Å². The van der Waals surface area contributed by atoms with Crippen LogP contribution in [0.25, 0.3) is 0 Å². The van der Waals surface area contributed by atoms with Gasteiger partial charge in [0.1, 0.15) is 11.8 Å². The van der Waals surface area contributed by atoms with Gasteiger partial charge in [-0.25, -0.2) is 0 Å². The summed E-state index contributed by atoms with van der Waals surface area (Å²) in [5.41, 5.74) is 2.23. The lowest BCUT2D eigenvalue weighted by Crippen LogP contribution is -2.58. The van der Waals surface area contributed by atoms with E-state index in [0.717, 1.165) is 5.69 Å². The van der Waals surface area contributed by atoms with Gasteiger partial charge in [0.2, 0.25) is 5.91 Å². The van der Waals surface area contributed by atoms with Crippen LogP contribution in [0.4, 0.5) is 5.69 Å². The molecular weight excluding hydrogens is 350 g/mol. The molecule has 0 aromatic carbocycles. The maximum absolute atomic E-state index is 13.0. The largest absolute Gasteiger partial charge is 0.380 e. The Morgan fingerprint density at radius 2 is 2.22 bits per heavy atom. The Hall–Kier alpha value is -2.78. The molecule has 1 fully saturated rings. The number of hydrogen-bond donors (Lipinski definition) is 2. The molecule has 0 spiro atoms. The van der Waals surface area contributed by atoms with E-state index in [-0.39, 0.29) is 24.1 Å². The molecule has 2 aromatic heterocycles. The number of nitrogens with zero attached hydrogens (tertiary/aromatic N) is 3. The van der Waals surface area contributed by atoms with Gasteiger partial charge in [-0.1, -0.05) is 5.16 Å². The van der Waals surface area contributed by atoms with Crippen molar-refractivity contribution in [3.05, 3.63) is 41.0 Å². The van der Waals surface area contributed by atoms with E-state index in [9.17, 15) is 9.59 Å². The minimum Gasteiger partial charge on any atom is -0.380 e. The van der Waals surface area contributed by atoms with Crippen molar-refractivity contribution in [3.63, 3.8) is 0 Å². The fraction of sp³-hybridized carbons (Fsp3) is 0.444. The van der Waals surface area contributed by atoms with E-state index in [2.05, 4.69) is 20.8 Å². The van der Waals surface area contributed by atoms with Crippen LogP contribution in [0.15, 0.2) is 22.9 Å². The number of hydrogen-bond acceptors (Lipinski definition) is 7. The lowest BCUT2D eigenvalue weighted by Gasteiger charge is -2.34. The summed E-state index contributed by atoms with van der Waals surface area (Å²) in [6.45, 7) is 5.15. The number of piperazine rings is 1. The molecule has 2 N–H and O–H groups in total. The highest BCUT2D eigenvalue weighted by Gasteiger charge is 2.35. The number of aryl methyl sites for hydroxylation is 2. The average molecular weight is 373 g/mol. The number of aromatic nitrogens is 2. The number of pyridine rings is 1. The topological polar surface area (TPSA) is 110 Å². The molecule has 3 heterocycles. The van der Waals surface area contributed by atoms with Crippen LogP contribution in [-0.2, 0) is 16.1 Å². The molecule has 9 heteroatoms. The highest BCUT2D eigenvalue weighted by Crippen LogP contribution is 2.19. The zero-order chi connectivity index (χ0) is 19.4. The molecule has 1 aliphatic heterocycles. The number of carbonyl (C=O) groups is 2. The number of nitrogens with one attached hydrogen (secondary N) is 2. The van der Waals surface area contributed by atoms with Crippen molar-refractivity contribution in [2.75, 3.05) is 32.1 Å². The number of methoxy groups -OCH3 is 1. The second-order valence-corrected chi connectivity index (χ2v) is 6.39. The summed E-state index contributed by atoms with van der Waals surface area (Å²) in [4.78, 5) is 31.5. The Kier molecular flexibility index (Phi) is 5.82. The molecule has 0 radical (unpaired) electrons. The molecule has 0 saturated carbocycles. The molecular formula is C18H23N5O4. The van der Waals surface area contributed by atoms with E-state index >= 15 is 0 Å². The molecule has 0 bridgehead atoms. The van der Waals surface area contributed by atoms with Crippen molar-refractivity contribution < 1.29 is 18.8 Å². The van der Waals surface area contributed by atoms with E-state index in [4.69, 9.17) is 9.26 Å². The third-order valence-corrected chi connectivity index (χ3v) is 4.46. The summed E-state index contributed by atoms with van der Waals surface area (Å²) in [7, 11) is 1.54. The first kappa shape index (κ1) is 19.0. The van der Waals surface area contributed by atoms with Gasteiger partial charge in [0.15, 0.2) is 5.69 Å². The smallest absolute Gasteiger partial charge is 0.277 e. The normalized spacial score (nSPS) is 17.0. The molecule has 27 heavy (non-hydrogen) atoms. The number of rotatable bonds is 5. The number of anilines is 1. The van der Waals surface area contributed by atoms with Gasteiger partial charge in [-0.3, -0.25) is 14.6 Å². The van der Waals surface area contributed by atoms with Gasteiger partial charge in [0.25, 0.3) is 5.91 Å². The summed E-state index contributed by atoms with van der Waals surface area (Å²) < 4.78 is 10.3. The SMILES string of the molecule is COCc1c(C(=O)N2CCNC[C@@H]2C(=O)Nc2ccc(C)nc2)noc1C. The van der Waals surface area contributed by atoms with Gasteiger partial charge < -0.3 is 24.8 Å². The third kappa shape index (κ3) is 4.15. The Balaban J connectivity index is 1.79. The molecule has 9 nitrogen and oxygen atoms in total. The summed E-state index contributed by atoms with van der Waals surface area (Å²) in [6, 6.07) is 2.92. The third-order valence-electron chi connectivity index (χ3n) is 4.46. The second kappa shape index (κ2) is 8.28. The van der Waals surface area contributed by atoms with Crippen LogP contribution < -0.4 is 10.6 Å². The predicted octanol–water partition coefficient (Wildman–Crippen LogP) is 0.886. The van der Waals surface area contributed by atoms with Gasteiger partial charge in [0, 0.05) is 32.4 Å². The molecule has 2 aromatic rings. The van der Waals surface area contributed by atoms with E-state index < -0.39 is 6.04 Å². The predicted molar refractivity (Wildman–Crippen MR) is 97.3 cm³/mol. The van der Waals surface area contributed by atoms with Crippen molar-refractivity contribution >= 4 is 17.5 Å². The standard InChI is InChI=1S/C18H23N5O4/c1-11-4-5-13(8-20-11)21-17(24)15-9-19-6-7-23(15)18(25)16-14(10-26-3)12(2)27-22-16/h4-5,8,15,19H,6-7,9-10H2,1-3H3,(H,21,24)/t15-/m1/s1. The summed E-state index contributed by atoms with van der Waals surface area (Å²) in [5, 5.41) is 9.86. The maximum Gasteiger partial charge on any atom is 0.277 e. The van der Waals surface area contributed by atoms with E-state index in [0.29, 0.717) is 36.6 Å². The van der Waals surface area contributed by atoms with Crippen LogP contribution in [0.2, 0.25) is 0 Å². The Morgan fingerprint density at radius 3 is 2.93 bits per heavy atom. The van der Waals surface area contributed by atoms with Crippen LogP contribution >= 0.6 is 0 Å². The van der Waals surface area contributed by atoms with Gasteiger partial charge >= 0.3 is 0 Å². The molecule has 3 rings (SSSR count).